The lowest BCUT2D eigenvalue weighted by Crippen LogP contribution is -2.43. The smallest absolute Gasteiger partial charge is 0.333 e. The van der Waals surface area contributed by atoms with Gasteiger partial charge in [0.25, 0.3) is 0 Å². The Hall–Kier alpha value is -3.66. The van der Waals surface area contributed by atoms with E-state index < -0.39 is 16.8 Å². The molecule has 174 valence electrons. The number of carbonyl (C=O) groups is 2. The number of hydrogen-bond donors (Lipinski definition) is 1. The minimum atomic E-state index is -0.811. The Labute approximate surface area is 201 Å². The van der Waals surface area contributed by atoms with Crippen LogP contribution in [0, 0.1) is 0 Å². The molecule has 1 N–H and O–H groups in total. The molecule has 0 spiro atoms. The van der Waals surface area contributed by atoms with Crippen LogP contribution in [-0.4, -0.2) is 23.7 Å². The lowest BCUT2D eigenvalue weighted by atomic mass is 9.53. The number of benzene rings is 2. The summed E-state index contributed by atoms with van der Waals surface area (Å²) in [5.74, 6) is -1.19. The molecule has 2 aromatic rings. The zero-order valence-electron chi connectivity index (χ0n) is 19.5. The molecule has 0 amide bonds. The van der Waals surface area contributed by atoms with Crippen LogP contribution in [0.5, 0.6) is 0 Å². The molecule has 2 aliphatic carbocycles. The summed E-state index contributed by atoms with van der Waals surface area (Å²) in [6.45, 7) is 10.1. The summed E-state index contributed by atoms with van der Waals surface area (Å²) < 4.78 is 5.41. The van der Waals surface area contributed by atoms with Crippen molar-refractivity contribution in [2.75, 3.05) is 6.61 Å². The molecular weight excluding hydrogens is 424 g/mol. The van der Waals surface area contributed by atoms with Gasteiger partial charge in [0.1, 0.15) is 0 Å². The van der Waals surface area contributed by atoms with Gasteiger partial charge < -0.3 is 9.84 Å². The molecule has 4 rings (SSSR count). The van der Waals surface area contributed by atoms with Crippen LogP contribution in [0.2, 0.25) is 0 Å². The fourth-order valence-electron chi connectivity index (χ4n) is 5.55. The largest absolute Gasteiger partial charge is 0.481 e. The molecule has 0 aliphatic heterocycles. The number of carbonyl (C=O) groups excluding carboxylic acids is 1. The Morgan fingerprint density at radius 3 is 2.09 bits per heavy atom. The molecule has 0 saturated heterocycles. The van der Waals surface area contributed by atoms with E-state index in [1.807, 2.05) is 42.5 Å². The molecule has 0 aromatic heterocycles. The Morgan fingerprint density at radius 2 is 1.53 bits per heavy atom. The van der Waals surface area contributed by atoms with Crippen molar-refractivity contribution >= 4 is 11.9 Å². The first-order valence-corrected chi connectivity index (χ1v) is 11.6. The van der Waals surface area contributed by atoms with E-state index in [0.717, 1.165) is 27.8 Å². The maximum Gasteiger partial charge on any atom is 0.333 e. The summed E-state index contributed by atoms with van der Waals surface area (Å²) >= 11 is 0. The highest BCUT2D eigenvalue weighted by Crippen LogP contribution is 2.57. The molecular formula is C30H30O4. The van der Waals surface area contributed by atoms with Crippen molar-refractivity contribution < 1.29 is 19.4 Å². The first kappa shape index (κ1) is 23.5. The van der Waals surface area contributed by atoms with Crippen molar-refractivity contribution in [3.05, 3.63) is 119 Å². The van der Waals surface area contributed by atoms with Crippen molar-refractivity contribution in [2.24, 2.45) is 0 Å². The predicted octanol–water partition coefficient (Wildman–Crippen LogP) is 6.02. The summed E-state index contributed by atoms with van der Waals surface area (Å²) in [4.78, 5) is 23.6. The number of fused-ring (bicyclic) bond motifs is 3. The molecule has 2 bridgehead atoms. The Bertz CT molecular complexity index is 1170. The second-order valence-electron chi connectivity index (χ2n) is 9.12. The van der Waals surface area contributed by atoms with Crippen LogP contribution in [0.3, 0.4) is 0 Å². The molecule has 4 heteroatoms. The minimum Gasteiger partial charge on any atom is -0.481 e. The molecule has 0 unspecified atom stereocenters. The van der Waals surface area contributed by atoms with Crippen LogP contribution in [0.25, 0.3) is 0 Å². The zero-order chi connectivity index (χ0) is 24.3. The van der Waals surface area contributed by atoms with Gasteiger partial charge in [-0.25, -0.2) is 4.79 Å². The number of aliphatic carboxylic acids is 1. The van der Waals surface area contributed by atoms with Gasteiger partial charge in [-0.15, -0.1) is 0 Å². The van der Waals surface area contributed by atoms with Gasteiger partial charge in [0.15, 0.2) is 0 Å². The minimum absolute atomic E-state index is 0.0571. The first-order valence-electron chi connectivity index (χ1n) is 11.6. The standard InChI is InChI=1S/C30H30O4/c1-21(2)28(33)34-20-10-18-30-22(3)11-8-9-17-29(19-16-27(31)32,23-12-4-6-14-25(23)30)24-13-5-7-15-26(24)30/h4-9,11-15,17H,1,3,10,16,18-20H2,2H3,(H,31,32)/b11-8-,17-9-. The average molecular weight is 455 g/mol. The highest BCUT2D eigenvalue weighted by atomic mass is 16.5. The van der Waals surface area contributed by atoms with Crippen LogP contribution in [0.15, 0.2) is 97.1 Å². The average Bonchev–Trinajstić information content (AvgIpc) is 2.91. The van der Waals surface area contributed by atoms with Gasteiger partial charge in [-0.1, -0.05) is 86.0 Å². The summed E-state index contributed by atoms with van der Waals surface area (Å²) in [7, 11) is 0. The SMILES string of the molecule is C=C(C)C(=O)OCCCC12C(=C)/C=C\C=C/C(CCC(=O)O)(c3ccccc31)c1ccccc12. The van der Waals surface area contributed by atoms with Crippen LogP contribution in [-0.2, 0) is 25.2 Å². The quantitative estimate of drug-likeness (QED) is 0.301. The third kappa shape index (κ3) is 3.83. The number of allylic oxidation sites excluding steroid dienone is 5. The number of carboxylic acid groups (broad SMARTS) is 1. The van der Waals surface area contributed by atoms with Gasteiger partial charge in [-0.3, -0.25) is 4.79 Å². The second kappa shape index (κ2) is 9.30. The Balaban J connectivity index is 1.89. The van der Waals surface area contributed by atoms with Gasteiger partial charge in [-0.2, -0.15) is 0 Å². The fraction of sp³-hybridized carbons (Fsp3) is 0.267. The topological polar surface area (TPSA) is 63.6 Å². The monoisotopic (exact) mass is 454 g/mol. The van der Waals surface area contributed by atoms with Gasteiger partial charge in [0.05, 0.1) is 6.61 Å². The molecule has 0 radical (unpaired) electrons. The highest BCUT2D eigenvalue weighted by Gasteiger charge is 2.50. The van der Waals surface area contributed by atoms with E-state index in [9.17, 15) is 14.7 Å². The summed E-state index contributed by atoms with van der Waals surface area (Å²) in [6.07, 6.45) is 10.0. The number of hydrogen-bond acceptors (Lipinski definition) is 3. The fourth-order valence-corrected chi connectivity index (χ4v) is 5.55. The lowest BCUT2D eigenvalue weighted by molar-refractivity contribution is -0.139. The second-order valence-corrected chi connectivity index (χ2v) is 9.12. The Kier molecular flexibility index (Phi) is 6.43. The summed E-state index contributed by atoms with van der Waals surface area (Å²) in [6, 6.07) is 16.6. The molecule has 4 nitrogen and oxygen atoms in total. The lowest BCUT2D eigenvalue weighted by Gasteiger charge is -2.49. The number of rotatable bonds is 8. The van der Waals surface area contributed by atoms with E-state index in [0.29, 0.717) is 24.8 Å². The maximum atomic E-state index is 11.9. The number of ether oxygens (including phenoxy) is 1. The first-order chi connectivity index (χ1) is 16.3. The maximum absolute atomic E-state index is 11.9. The van der Waals surface area contributed by atoms with E-state index in [-0.39, 0.29) is 19.0 Å². The molecule has 0 heterocycles. The molecule has 0 saturated carbocycles. The zero-order valence-corrected chi connectivity index (χ0v) is 19.5. The molecule has 34 heavy (non-hydrogen) atoms. The van der Waals surface area contributed by atoms with Crippen molar-refractivity contribution in [1.82, 2.24) is 0 Å². The van der Waals surface area contributed by atoms with Crippen molar-refractivity contribution in [2.45, 2.75) is 43.4 Å². The third-order valence-corrected chi connectivity index (χ3v) is 7.08. The molecule has 2 aromatic carbocycles. The third-order valence-electron chi connectivity index (χ3n) is 7.08. The van der Waals surface area contributed by atoms with Gasteiger partial charge in [-0.05, 0) is 54.0 Å². The normalized spacial score (nSPS) is 24.1. The van der Waals surface area contributed by atoms with Crippen LogP contribution < -0.4 is 0 Å². The molecule has 2 aliphatic rings. The predicted molar refractivity (Wildman–Crippen MR) is 134 cm³/mol. The van der Waals surface area contributed by atoms with E-state index in [1.165, 1.54) is 0 Å². The summed E-state index contributed by atoms with van der Waals surface area (Å²) in [5.41, 5.74) is 4.74. The van der Waals surface area contributed by atoms with Gasteiger partial charge in [0.2, 0.25) is 0 Å². The van der Waals surface area contributed by atoms with Gasteiger partial charge >= 0.3 is 11.9 Å². The van der Waals surface area contributed by atoms with Gasteiger partial charge in [0, 0.05) is 22.8 Å². The molecule has 0 atom stereocenters. The van der Waals surface area contributed by atoms with Crippen molar-refractivity contribution in [3.8, 4) is 0 Å². The highest BCUT2D eigenvalue weighted by molar-refractivity contribution is 5.86. The number of esters is 1. The van der Waals surface area contributed by atoms with Crippen LogP contribution in [0.1, 0.15) is 54.9 Å². The van der Waals surface area contributed by atoms with E-state index in [4.69, 9.17) is 4.74 Å². The summed E-state index contributed by atoms with van der Waals surface area (Å²) in [5, 5.41) is 9.56. The van der Waals surface area contributed by atoms with E-state index in [1.54, 1.807) is 6.92 Å². The van der Waals surface area contributed by atoms with E-state index in [2.05, 4.69) is 43.5 Å². The van der Waals surface area contributed by atoms with Crippen molar-refractivity contribution in [1.29, 1.82) is 0 Å². The number of carboxylic acids is 1. The van der Waals surface area contributed by atoms with E-state index >= 15 is 0 Å². The van der Waals surface area contributed by atoms with Crippen LogP contribution >= 0.6 is 0 Å². The van der Waals surface area contributed by atoms with Crippen molar-refractivity contribution in [3.63, 3.8) is 0 Å². The Morgan fingerprint density at radius 1 is 0.941 bits per heavy atom. The molecule has 0 fully saturated rings. The van der Waals surface area contributed by atoms with Crippen LogP contribution in [0.4, 0.5) is 0 Å².